The topological polar surface area (TPSA) is 30.9 Å². The number of nitrogens with zero attached hydrogens (tertiary/aromatic N) is 1. The average Bonchev–Trinajstić information content (AvgIpc) is 3.12. The van der Waals surface area contributed by atoms with Gasteiger partial charge in [-0.1, -0.05) is 30.3 Å². The van der Waals surface area contributed by atoms with Crippen LogP contribution in [0.3, 0.4) is 0 Å². The second-order valence-electron chi connectivity index (χ2n) is 6.57. The van der Waals surface area contributed by atoms with Gasteiger partial charge in [-0.25, -0.2) is 0 Å². The third-order valence-electron chi connectivity index (χ3n) is 5.19. The SMILES string of the molecule is COc1c2c(c(Br)c3c1C(CCc1ccccc1)N(C)CC3)OCO2. The lowest BCUT2D eigenvalue weighted by Gasteiger charge is -2.36. The Morgan fingerprint density at radius 3 is 2.72 bits per heavy atom. The van der Waals surface area contributed by atoms with Crippen molar-refractivity contribution in [3.05, 3.63) is 51.5 Å². The second kappa shape index (κ2) is 6.89. The molecule has 1 atom stereocenters. The molecule has 4 nitrogen and oxygen atoms in total. The summed E-state index contributed by atoms with van der Waals surface area (Å²) in [7, 11) is 3.91. The molecule has 0 saturated carbocycles. The summed E-state index contributed by atoms with van der Waals surface area (Å²) in [6.07, 6.45) is 3.04. The fourth-order valence-corrected chi connectivity index (χ4v) is 4.61. The molecule has 0 bridgehead atoms. The van der Waals surface area contributed by atoms with E-state index in [1.807, 2.05) is 0 Å². The van der Waals surface area contributed by atoms with E-state index in [4.69, 9.17) is 14.2 Å². The van der Waals surface area contributed by atoms with E-state index in [2.05, 4.69) is 58.2 Å². The minimum atomic E-state index is 0.248. The van der Waals surface area contributed by atoms with Gasteiger partial charge >= 0.3 is 0 Å². The van der Waals surface area contributed by atoms with Gasteiger partial charge in [0.15, 0.2) is 11.5 Å². The maximum absolute atomic E-state index is 5.79. The van der Waals surface area contributed by atoms with Crippen molar-refractivity contribution in [1.29, 1.82) is 0 Å². The van der Waals surface area contributed by atoms with Crippen LogP contribution in [0.25, 0.3) is 0 Å². The van der Waals surface area contributed by atoms with E-state index < -0.39 is 0 Å². The maximum Gasteiger partial charge on any atom is 0.231 e. The van der Waals surface area contributed by atoms with E-state index in [1.54, 1.807) is 7.11 Å². The molecule has 0 aliphatic carbocycles. The lowest BCUT2D eigenvalue weighted by Crippen LogP contribution is -2.33. The largest absolute Gasteiger partial charge is 0.492 e. The molecule has 0 spiro atoms. The van der Waals surface area contributed by atoms with Crippen LogP contribution in [0, 0.1) is 0 Å². The standard InChI is InChI=1S/C20H22BrNO3/c1-22-11-10-14-16(15(22)9-8-13-6-4-3-5-7-13)18(23-2)20-19(17(14)21)24-12-25-20/h3-7,15H,8-12H2,1-2H3. The van der Waals surface area contributed by atoms with E-state index in [-0.39, 0.29) is 6.79 Å². The van der Waals surface area contributed by atoms with Gasteiger partial charge in [0.25, 0.3) is 0 Å². The molecule has 0 radical (unpaired) electrons. The van der Waals surface area contributed by atoms with Gasteiger partial charge in [0.2, 0.25) is 12.5 Å². The Kier molecular flexibility index (Phi) is 4.61. The van der Waals surface area contributed by atoms with Crippen LogP contribution in [0.5, 0.6) is 17.2 Å². The Hall–Kier alpha value is -1.72. The number of ether oxygens (including phenoxy) is 3. The number of hydrogen-bond donors (Lipinski definition) is 0. The molecule has 4 rings (SSSR count). The molecule has 25 heavy (non-hydrogen) atoms. The van der Waals surface area contributed by atoms with Gasteiger partial charge < -0.3 is 14.2 Å². The average molecular weight is 404 g/mol. The molecule has 5 heteroatoms. The van der Waals surface area contributed by atoms with E-state index in [0.29, 0.717) is 6.04 Å². The Bertz CT molecular complexity index is 779. The monoisotopic (exact) mass is 403 g/mol. The Balaban J connectivity index is 1.74. The maximum atomic E-state index is 5.79. The van der Waals surface area contributed by atoms with E-state index >= 15 is 0 Å². The summed E-state index contributed by atoms with van der Waals surface area (Å²) < 4.78 is 18.2. The number of likely N-dealkylation sites (N-methyl/N-ethyl adjacent to an activating group) is 1. The van der Waals surface area contributed by atoms with Gasteiger partial charge in [-0.15, -0.1) is 0 Å². The first kappa shape index (κ1) is 16.7. The fraction of sp³-hybridized carbons (Fsp3) is 0.400. The lowest BCUT2D eigenvalue weighted by atomic mass is 9.88. The van der Waals surface area contributed by atoms with Crippen molar-refractivity contribution in [2.24, 2.45) is 0 Å². The van der Waals surface area contributed by atoms with E-state index in [9.17, 15) is 0 Å². The zero-order valence-corrected chi connectivity index (χ0v) is 16.1. The molecule has 1 unspecified atom stereocenters. The molecule has 2 aliphatic rings. The highest BCUT2D eigenvalue weighted by Crippen LogP contribution is 2.54. The van der Waals surface area contributed by atoms with Crippen molar-refractivity contribution in [1.82, 2.24) is 4.90 Å². The highest BCUT2D eigenvalue weighted by molar-refractivity contribution is 9.10. The number of aryl methyl sites for hydroxylation is 1. The van der Waals surface area contributed by atoms with Crippen molar-refractivity contribution >= 4 is 15.9 Å². The number of benzene rings is 2. The Labute approximate surface area is 156 Å². The summed E-state index contributed by atoms with van der Waals surface area (Å²) in [5.74, 6) is 2.34. The van der Waals surface area contributed by atoms with Gasteiger partial charge in [0, 0.05) is 18.2 Å². The van der Waals surface area contributed by atoms with E-state index in [0.717, 1.165) is 47.5 Å². The molecule has 2 heterocycles. The van der Waals surface area contributed by atoms with Crippen LogP contribution in [0.2, 0.25) is 0 Å². The first-order valence-corrected chi connectivity index (χ1v) is 9.42. The summed E-state index contributed by atoms with van der Waals surface area (Å²) in [6, 6.07) is 10.9. The van der Waals surface area contributed by atoms with Gasteiger partial charge in [-0.2, -0.15) is 0 Å². The molecule has 0 N–H and O–H groups in total. The molecule has 2 aromatic carbocycles. The zero-order chi connectivity index (χ0) is 17.4. The Morgan fingerprint density at radius 2 is 1.96 bits per heavy atom. The molecule has 2 aromatic rings. The third-order valence-corrected chi connectivity index (χ3v) is 6.02. The molecule has 2 aliphatic heterocycles. The first-order chi connectivity index (χ1) is 12.2. The fourth-order valence-electron chi connectivity index (χ4n) is 3.90. The van der Waals surface area contributed by atoms with Gasteiger partial charge in [-0.05, 0) is 53.4 Å². The summed E-state index contributed by atoms with van der Waals surface area (Å²) in [5.41, 5.74) is 3.89. The summed E-state index contributed by atoms with van der Waals surface area (Å²) in [5, 5.41) is 0. The molecule has 0 aromatic heterocycles. The number of fused-ring (bicyclic) bond motifs is 2. The van der Waals surface area contributed by atoms with Crippen LogP contribution < -0.4 is 14.2 Å². The quantitative estimate of drug-likeness (QED) is 0.759. The van der Waals surface area contributed by atoms with Crippen molar-refractivity contribution in [3.63, 3.8) is 0 Å². The minimum absolute atomic E-state index is 0.248. The highest BCUT2D eigenvalue weighted by atomic mass is 79.9. The molecule has 0 amide bonds. The van der Waals surface area contributed by atoms with Gasteiger partial charge in [-0.3, -0.25) is 4.90 Å². The number of methoxy groups -OCH3 is 1. The van der Waals surface area contributed by atoms with Crippen LogP contribution >= 0.6 is 15.9 Å². The summed E-state index contributed by atoms with van der Waals surface area (Å²) >= 11 is 3.75. The number of rotatable bonds is 4. The predicted octanol–water partition coefficient (Wildman–Crippen LogP) is 4.35. The molecule has 132 valence electrons. The van der Waals surface area contributed by atoms with Crippen LogP contribution in [-0.2, 0) is 12.8 Å². The van der Waals surface area contributed by atoms with Crippen molar-refractivity contribution in [3.8, 4) is 17.2 Å². The molecular formula is C20H22BrNO3. The number of halogens is 1. The normalized spacial score (nSPS) is 18.9. The van der Waals surface area contributed by atoms with Crippen LogP contribution in [0.4, 0.5) is 0 Å². The first-order valence-electron chi connectivity index (χ1n) is 8.62. The van der Waals surface area contributed by atoms with Crippen LogP contribution in [0.1, 0.15) is 29.2 Å². The minimum Gasteiger partial charge on any atom is -0.492 e. The van der Waals surface area contributed by atoms with E-state index in [1.165, 1.54) is 16.7 Å². The smallest absolute Gasteiger partial charge is 0.231 e. The van der Waals surface area contributed by atoms with Crippen LogP contribution in [-0.4, -0.2) is 32.4 Å². The van der Waals surface area contributed by atoms with Crippen molar-refractivity contribution < 1.29 is 14.2 Å². The predicted molar refractivity (Wildman–Crippen MR) is 101 cm³/mol. The van der Waals surface area contributed by atoms with Crippen LogP contribution in [0.15, 0.2) is 34.8 Å². The Morgan fingerprint density at radius 1 is 1.20 bits per heavy atom. The lowest BCUT2D eigenvalue weighted by molar-refractivity contribution is 0.170. The number of hydrogen-bond acceptors (Lipinski definition) is 4. The molecule has 0 saturated heterocycles. The molecule has 0 fully saturated rings. The second-order valence-corrected chi connectivity index (χ2v) is 7.37. The highest BCUT2D eigenvalue weighted by Gasteiger charge is 2.36. The third kappa shape index (κ3) is 2.89. The summed E-state index contributed by atoms with van der Waals surface area (Å²) in [6.45, 7) is 1.27. The van der Waals surface area contributed by atoms with Crippen molar-refractivity contribution in [2.45, 2.75) is 25.3 Å². The van der Waals surface area contributed by atoms with Gasteiger partial charge in [0.05, 0.1) is 11.6 Å². The van der Waals surface area contributed by atoms with Gasteiger partial charge in [0.1, 0.15) is 0 Å². The van der Waals surface area contributed by atoms with Crippen molar-refractivity contribution in [2.75, 3.05) is 27.5 Å². The zero-order valence-electron chi connectivity index (χ0n) is 14.5. The summed E-state index contributed by atoms with van der Waals surface area (Å²) in [4.78, 5) is 2.42. The molecular weight excluding hydrogens is 382 g/mol.